The van der Waals surface area contributed by atoms with Gasteiger partial charge in [0.25, 0.3) is 0 Å². The fourth-order valence-corrected chi connectivity index (χ4v) is 2.62. The molecule has 1 aromatic heterocycles. The van der Waals surface area contributed by atoms with E-state index in [2.05, 4.69) is 28.1 Å². The number of esters is 1. The van der Waals surface area contributed by atoms with Crippen LogP contribution in [0.2, 0.25) is 0 Å². The Balaban J connectivity index is 2.07. The Labute approximate surface area is 132 Å². The van der Waals surface area contributed by atoms with Gasteiger partial charge in [-0.3, -0.25) is 0 Å². The van der Waals surface area contributed by atoms with E-state index < -0.39 is 5.97 Å². The number of nitrogens with zero attached hydrogens (tertiary/aromatic N) is 1. The Hall–Kier alpha value is -1.81. The highest BCUT2D eigenvalue weighted by atomic mass is 16.6. The zero-order chi connectivity index (χ0) is 16.5. The van der Waals surface area contributed by atoms with Crippen LogP contribution in [0.1, 0.15) is 30.0 Å². The lowest BCUT2D eigenvalue weighted by Gasteiger charge is -2.30. The molecular weight excluding hydrogens is 278 g/mol. The van der Waals surface area contributed by atoms with E-state index in [1.165, 1.54) is 0 Å². The molecule has 4 heteroatoms. The zero-order valence-electron chi connectivity index (χ0n) is 14.3. The Morgan fingerprint density at radius 1 is 1.23 bits per heavy atom. The Morgan fingerprint density at radius 2 is 1.91 bits per heavy atom. The molecule has 0 spiro atoms. The first kappa shape index (κ1) is 16.6. The van der Waals surface area contributed by atoms with Crippen molar-refractivity contribution in [2.75, 3.05) is 27.7 Å². The summed E-state index contributed by atoms with van der Waals surface area (Å²) in [5.41, 5.74) is 1.85. The van der Waals surface area contributed by atoms with E-state index in [0.29, 0.717) is 5.58 Å². The molecule has 0 aliphatic carbocycles. The highest BCUT2D eigenvalue weighted by Gasteiger charge is 2.24. The van der Waals surface area contributed by atoms with Gasteiger partial charge in [0.15, 0.2) is 0 Å². The van der Waals surface area contributed by atoms with Crippen molar-refractivity contribution < 1.29 is 18.4 Å². The maximum atomic E-state index is 12.3. The molecule has 2 rings (SSSR count). The van der Waals surface area contributed by atoms with Crippen LogP contribution in [-0.2, 0) is 4.74 Å². The Kier molecular flexibility index (Phi) is 4.61. The normalized spacial score (nSPS) is 14.8. The number of aryl methyl sites for hydroxylation is 1. The molecule has 1 heterocycles. The summed E-state index contributed by atoms with van der Waals surface area (Å²) >= 11 is 0. The van der Waals surface area contributed by atoms with Crippen molar-refractivity contribution >= 4 is 16.9 Å². The van der Waals surface area contributed by atoms with Gasteiger partial charge in [0.1, 0.15) is 11.7 Å². The molecule has 0 unspecified atom stereocenters. The first-order valence-corrected chi connectivity index (χ1v) is 7.67. The van der Waals surface area contributed by atoms with Crippen LogP contribution in [0.3, 0.4) is 0 Å². The summed E-state index contributed by atoms with van der Waals surface area (Å²) in [6.45, 7) is 6.99. The highest BCUT2D eigenvalue weighted by Crippen LogP contribution is 2.22. The number of benzene rings is 1. The fourth-order valence-electron chi connectivity index (χ4n) is 2.62. The minimum Gasteiger partial charge on any atom is -0.456 e. The predicted octanol–water partition coefficient (Wildman–Crippen LogP) is 3.63. The van der Waals surface area contributed by atoms with E-state index in [9.17, 15) is 4.79 Å². The summed E-state index contributed by atoms with van der Waals surface area (Å²) in [6, 6.07) is 7.60. The van der Waals surface area contributed by atoms with Crippen LogP contribution in [0.25, 0.3) is 11.0 Å². The molecule has 0 N–H and O–H groups in total. The SMILES string of the molecule is Cc1ccc2oc(C(=O)O[C@H](C)[C@H](C)C[N+](C)(C)C)cc2c1. The van der Waals surface area contributed by atoms with Gasteiger partial charge < -0.3 is 13.6 Å². The van der Waals surface area contributed by atoms with Crippen LogP contribution in [0, 0.1) is 12.8 Å². The molecular formula is C18H26NO3+. The average molecular weight is 304 g/mol. The highest BCUT2D eigenvalue weighted by molar-refractivity contribution is 5.92. The molecule has 4 nitrogen and oxygen atoms in total. The molecule has 22 heavy (non-hydrogen) atoms. The summed E-state index contributed by atoms with van der Waals surface area (Å²) in [5.74, 6) is 0.148. The van der Waals surface area contributed by atoms with Gasteiger partial charge in [-0.1, -0.05) is 18.6 Å². The summed E-state index contributed by atoms with van der Waals surface area (Å²) in [7, 11) is 6.39. The van der Waals surface area contributed by atoms with E-state index >= 15 is 0 Å². The minimum absolute atomic E-state index is 0.153. The van der Waals surface area contributed by atoms with E-state index in [4.69, 9.17) is 9.15 Å². The lowest BCUT2D eigenvalue weighted by Crippen LogP contribution is -2.42. The third-order valence-corrected chi connectivity index (χ3v) is 3.80. The Morgan fingerprint density at radius 3 is 2.55 bits per heavy atom. The van der Waals surface area contributed by atoms with Gasteiger partial charge >= 0.3 is 5.97 Å². The molecule has 1 aromatic carbocycles. The number of carbonyl (C=O) groups excluding carboxylic acids is 1. The van der Waals surface area contributed by atoms with Crippen LogP contribution in [-0.4, -0.2) is 44.2 Å². The molecule has 120 valence electrons. The number of carbonyl (C=O) groups is 1. The van der Waals surface area contributed by atoms with Gasteiger partial charge in [-0.15, -0.1) is 0 Å². The van der Waals surface area contributed by atoms with Gasteiger partial charge in [0.05, 0.1) is 27.7 Å². The van der Waals surface area contributed by atoms with Crippen LogP contribution >= 0.6 is 0 Å². The molecule has 0 aliphatic rings. The molecule has 0 saturated carbocycles. The third kappa shape index (κ3) is 4.10. The quantitative estimate of drug-likeness (QED) is 0.625. The second kappa shape index (κ2) is 6.13. The van der Waals surface area contributed by atoms with Gasteiger partial charge in [-0.25, -0.2) is 4.79 Å². The predicted molar refractivity (Wildman–Crippen MR) is 87.9 cm³/mol. The summed E-state index contributed by atoms with van der Waals surface area (Å²) in [6.07, 6.45) is -0.153. The largest absolute Gasteiger partial charge is 0.456 e. The van der Waals surface area contributed by atoms with E-state index in [-0.39, 0.29) is 17.8 Å². The monoisotopic (exact) mass is 304 g/mol. The lowest BCUT2D eigenvalue weighted by molar-refractivity contribution is -0.874. The maximum absolute atomic E-state index is 12.3. The number of hydrogen-bond donors (Lipinski definition) is 0. The third-order valence-electron chi connectivity index (χ3n) is 3.80. The summed E-state index contributed by atoms with van der Waals surface area (Å²) < 4.78 is 12.0. The van der Waals surface area contributed by atoms with Crippen molar-refractivity contribution in [1.29, 1.82) is 0 Å². The van der Waals surface area contributed by atoms with Gasteiger partial charge in [0, 0.05) is 11.3 Å². The average Bonchev–Trinajstić information content (AvgIpc) is 2.79. The second-order valence-electron chi connectivity index (χ2n) is 7.21. The van der Waals surface area contributed by atoms with Crippen molar-refractivity contribution in [3.8, 4) is 0 Å². The van der Waals surface area contributed by atoms with E-state index in [0.717, 1.165) is 22.0 Å². The van der Waals surface area contributed by atoms with Crippen LogP contribution < -0.4 is 0 Å². The molecule has 0 amide bonds. The number of furan rings is 1. The first-order valence-electron chi connectivity index (χ1n) is 7.67. The molecule has 0 fully saturated rings. The van der Waals surface area contributed by atoms with Crippen LogP contribution in [0.15, 0.2) is 28.7 Å². The van der Waals surface area contributed by atoms with Gasteiger partial charge in [-0.05, 0) is 32.0 Å². The maximum Gasteiger partial charge on any atom is 0.374 e. The van der Waals surface area contributed by atoms with Gasteiger partial charge in [-0.2, -0.15) is 0 Å². The van der Waals surface area contributed by atoms with Crippen molar-refractivity contribution in [3.63, 3.8) is 0 Å². The first-order chi connectivity index (χ1) is 10.2. The topological polar surface area (TPSA) is 39.4 Å². The number of hydrogen-bond acceptors (Lipinski definition) is 3. The second-order valence-corrected chi connectivity index (χ2v) is 7.21. The number of rotatable bonds is 5. The summed E-state index contributed by atoms with van der Waals surface area (Å²) in [4.78, 5) is 12.3. The number of ether oxygens (including phenoxy) is 1. The molecule has 2 atom stereocenters. The standard InChI is InChI=1S/C18H26NO3/c1-12-7-8-16-15(9-12)10-17(22-16)18(20)21-14(3)13(2)11-19(4,5)6/h7-10,13-14H,11H2,1-6H3/q+1/t13-,14-/m1/s1. The number of fused-ring (bicyclic) bond motifs is 1. The molecule has 0 bridgehead atoms. The van der Waals surface area contributed by atoms with Crippen LogP contribution in [0.4, 0.5) is 0 Å². The molecule has 2 aromatic rings. The van der Waals surface area contributed by atoms with E-state index in [1.807, 2.05) is 32.0 Å². The molecule has 0 aliphatic heterocycles. The molecule has 0 saturated heterocycles. The van der Waals surface area contributed by atoms with Gasteiger partial charge in [0.2, 0.25) is 5.76 Å². The van der Waals surface area contributed by atoms with Crippen LogP contribution in [0.5, 0.6) is 0 Å². The lowest BCUT2D eigenvalue weighted by atomic mass is 10.1. The van der Waals surface area contributed by atoms with Crippen molar-refractivity contribution in [2.45, 2.75) is 26.9 Å². The van der Waals surface area contributed by atoms with Crippen molar-refractivity contribution in [2.24, 2.45) is 5.92 Å². The van der Waals surface area contributed by atoms with Crippen molar-refractivity contribution in [1.82, 2.24) is 0 Å². The number of quaternary nitrogens is 1. The minimum atomic E-state index is -0.394. The Bertz CT molecular complexity index is 667. The summed E-state index contributed by atoms with van der Waals surface area (Å²) in [5, 5.41) is 0.930. The zero-order valence-corrected chi connectivity index (χ0v) is 14.3. The molecule has 0 radical (unpaired) electrons. The fraction of sp³-hybridized carbons (Fsp3) is 0.500. The van der Waals surface area contributed by atoms with Crippen molar-refractivity contribution in [3.05, 3.63) is 35.6 Å². The van der Waals surface area contributed by atoms with E-state index in [1.54, 1.807) is 6.07 Å². The smallest absolute Gasteiger partial charge is 0.374 e.